The summed E-state index contributed by atoms with van der Waals surface area (Å²) >= 11 is 4.65. The van der Waals surface area contributed by atoms with E-state index in [0.717, 1.165) is 16.6 Å². The van der Waals surface area contributed by atoms with Gasteiger partial charge in [0, 0.05) is 16.2 Å². The van der Waals surface area contributed by atoms with E-state index in [1.165, 1.54) is 21.9 Å². The fourth-order valence-corrected chi connectivity index (χ4v) is 5.32. The summed E-state index contributed by atoms with van der Waals surface area (Å²) in [7, 11) is 0. The fraction of sp³-hybridized carbons (Fsp3) is 0.348. The molecule has 3 atom stereocenters. The quantitative estimate of drug-likeness (QED) is 0.422. The number of hydrogen-bond donors (Lipinski definition) is 1. The van der Waals surface area contributed by atoms with E-state index in [4.69, 9.17) is 0 Å². The SMILES string of the molecule is C[C@H](Sc1nc2ccc(Br)cc2c(=O)n1C[C@@H](C)O)C(=O)N1c2ccccc2C[C@H]1C. The normalized spacial score (nSPS) is 17.6. The molecule has 1 N–H and O–H groups in total. The Labute approximate surface area is 193 Å². The summed E-state index contributed by atoms with van der Waals surface area (Å²) in [6.07, 6.45) is 0.106. The van der Waals surface area contributed by atoms with Crippen LogP contribution in [-0.2, 0) is 17.8 Å². The van der Waals surface area contributed by atoms with Crippen LogP contribution in [0.2, 0.25) is 0 Å². The first-order valence-electron chi connectivity index (χ1n) is 10.2. The summed E-state index contributed by atoms with van der Waals surface area (Å²) in [4.78, 5) is 33.0. The zero-order chi connectivity index (χ0) is 22.3. The second-order valence-electron chi connectivity index (χ2n) is 7.97. The first-order chi connectivity index (χ1) is 14.8. The van der Waals surface area contributed by atoms with Crippen LogP contribution in [0.3, 0.4) is 0 Å². The minimum Gasteiger partial charge on any atom is -0.392 e. The number of anilines is 1. The minimum atomic E-state index is -0.722. The second-order valence-corrected chi connectivity index (χ2v) is 10.2. The standard InChI is InChI=1S/C23H24BrN3O3S/c1-13-10-16-6-4-5-7-20(16)27(13)21(29)15(3)31-23-25-19-9-8-17(24)11-18(19)22(30)26(23)12-14(2)28/h4-9,11,13-15,28H,10,12H2,1-3H3/t13-,14-,15+/m1/s1. The number of amides is 1. The van der Waals surface area contributed by atoms with Crippen molar-refractivity contribution in [1.82, 2.24) is 9.55 Å². The average Bonchev–Trinajstić information content (AvgIpc) is 3.06. The molecule has 31 heavy (non-hydrogen) atoms. The molecule has 6 nitrogen and oxygen atoms in total. The highest BCUT2D eigenvalue weighted by molar-refractivity contribution is 9.10. The number of carbonyl (C=O) groups is 1. The third kappa shape index (κ3) is 4.29. The van der Waals surface area contributed by atoms with Crippen molar-refractivity contribution in [2.75, 3.05) is 4.90 Å². The molecule has 3 aromatic rings. The largest absolute Gasteiger partial charge is 0.392 e. The van der Waals surface area contributed by atoms with Crippen molar-refractivity contribution < 1.29 is 9.90 Å². The molecular weight excluding hydrogens is 478 g/mol. The fourth-order valence-electron chi connectivity index (χ4n) is 3.99. The van der Waals surface area contributed by atoms with Gasteiger partial charge in [-0.25, -0.2) is 4.98 Å². The van der Waals surface area contributed by atoms with Crippen LogP contribution in [0.4, 0.5) is 5.69 Å². The third-order valence-corrected chi connectivity index (χ3v) is 6.97. The number of fused-ring (bicyclic) bond motifs is 2. The number of rotatable bonds is 5. The zero-order valence-corrected chi connectivity index (χ0v) is 20.0. The van der Waals surface area contributed by atoms with Gasteiger partial charge in [-0.3, -0.25) is 14.2 Å². The predicted octanol–water partition coefficient (Wildman–Crippen LogP) is 4.00. The minimum absolute atomic E-state index is 0.0174. The summed E-state index contributed by atoms with van der Waals surface area (Å²) < 4.78 is 2.25. The lowest BCUT2D eigenvalue weighted by atomic mass is 10.1. The Bertz CT molecular complexity index is 1210. The van der Waals surface area contributed by atoms with Gasteiger partial charge in [0.15, 0.2) is 5.16 Å². The summed E-state index contributed by atoms with van der Waals surface area (Å²) in [6, 6.07) is 13.4. The molecule has 0 bridgehead atoms. The van der Waals surface area contributed by atoms with E-state index in [0.29, 0.717) is 16.1 Å². The Balaban J connectivity index is 1.70. The van der Waals surface area contributed by atoms with E-state index in [9.17, 15) is 14.7 Å². The molecule has 1 amide bonds. The molecule has 162 valence electrons. The number of aliphatic hydroxyl groups is 1. The van der Waals surface area contributed by atoms with Crippen molar-refractivity contribution >= 4 is 50.2 Å². The lowest BCUT2D eigenvalue weighted by molar-refractivity contribution is -0.118. The van der Waals surface area contributed by atoms with Crippen LogP contribution in [-0.4, -0.2) is 38.0 Å². The first-order valence-corrected chi connectivity index (χ1v) is 11.9. The molecule has 0 saturated heterocycles. The number of aliphatic hydroxyl groups excluding tert-OH is 1. The van der Waals surface area contributed by atoms with Crippen molar-refractivity contribution in [3.8, 4) is 0 Å². The summed E-state index contributed by atoms with van der Waals surface area (Å²) in [5, 5.41) is 10.4. The lowest BCUT2D eigenvalue weighted by Gasteiger charge is -2.26. The molecule has 2 aromatic carbocycles. The molecule has 0 spiro atoms. The van der Waals surface area contributed by atoms with Gasteiger partial charge in [0.05, 0.1) is 28.8 Å². The van der Waals surface area contributed by atoms with Gasteiger partial charge in [-0.2, -0.15) is 0 Å². The van der Waals surface area contributed by atoms with Gasteiger partial charge in [0.2, 0.25) is 5.91 Å². The van der Waals surface area contributed by atoms with Gasteiger partial charge in [-0.1, -0.05) is 45.9 Å². The maximum Gasteiger partial charge on any atom is 0.262 e. The predicted molar refractivity (Wildman–Crippen MR) is 128 cm³/mol. The van der Waals surface area contributed by atoms with Crippen molar-refractivity contribution in [2.45, 2.75) is 56.3 Å². The van der Waals surface area contributed by atoms with E-state index >= 15 is 0 Å². The van der Waals surface area contributed by atoms with E-state index in [1.807, 2.05) is 43.0 Å². The van der Waals surface area contributed by atoms with Crippen molar-refractivity contribution in [1.29, 1.82) is 0 Å². The molecule has 1 aromatic heterocycles. The Hall–Kier alpha value is -2.16. The van der Waals surface area contributed by atoms with Gasteiger partial charge >= 0.3 is 0 Å². The molecule has 2 heterocycles. The van der Waals surface area contributed by atoms with Crippen molar-refractivity contribution in [3.63, 3.8) is 0 Å². The highest BCUT2D eigenvalue weighted by atomic mass is 79.9. The van der Waals surface area contributed by atoms with Crippen LogP contribution >= 0.6 is 27.7 Å². The first kappa shape index (κ1) is 22.0. The number of aromatic nitrogens is 2. The number of thioether (sulfide) groups is 1. The Morgan fingerprint density at radius 1 is 1.29 bits per heavy atom. The second kappa shape index (κ2) is 8.76. The Morgan fingerprint density at radius 3 is 2.77 bits per heavy atom. The third-order valence-electron chi connectivity index (χ3n) is 5.40. The monoisotopic (exact) mass is 501 g/mol. The van der Waals surface area contributed by atoms with Gasteiger partial charge < -0.3 is 10.0 Å². The van der Waals surface area contributed by atoms with E-state index in [1.54, 1.807) is 19.1 Å². The van der Waals surface area contributed by atoms with Crippen LogP contribution < -0.4 is 10.5 Å². The highest BCUT2D eigenvalue weighted by Crippen LogP contribution is 2.34. The van der Waals surface area contributed by atoms with Crippen molar-refractivity contribution in [2.24, 2.45) is 0 Å². The van der Waals surface area contributed by atoms with E-state index < -0.39 is 11.4 Å². The molecule has 0 fully saturated rings. The highest BCUT2D eigenvalue weighted by Gasteiger charge is 2.34. The maximum absolute atomic E-state index is 13.4. The topological polar surface area (TPSA) is 75.4 Å². The van der Waals surface area contributed by atoms with Crippen molar-refractivity contribution in [3.05, 3.63) is 62.9 Å². The molecular formula is C23H24BrN3O3S. The summed E-state index contributed by atoms with van der Waals surface area (Å²) in [5.41, 5.74) is 2.46. The smallest absolute Gasteiger partial charge is 0.262 e. The lowest BCUT2D eigenvalue weighted by Crippen LogP contribution is -2.40. The van der Waals surface area contributed by atoms with Gasteiger partial charge in [-0.05, 0) is 57.0 Å². The molecule has 1 aliphatic rings. The maximum atomic E-state index is 13.4. The molecule has 0 unspecified atom stereocenters. The number of nitrogens with zero attached hydrogens (tertiary/aromatic N) is 3. The number of carbonyl (C=O) groups excluding carboxylic acids is 1. The van der Waals surface area contributed by atoms with E-state index in [2.05, 4.69) is 27.0 Å². The number of para-hydroxylation sites is 1. The van der Waals surface area contributed by atoms with Gasteiger partial charge in [0.1, 0.15) is 0 Å². The molecule has 0 saturated carbocycles. The molecule has 8 heteroatoms. The molecule has 4 rings (SSSR count). The number of benzene rings is 2. The summed E-state index contributed by atoms with van der Waals surface area (Å²) in [6.45, 7) is 5.62. The zero-order valence-electron chi connectivity index (χ0n) is 17.6. The van der Waals surface area contributed by atoms with Gasteiger partial charge in [-0.15, -0.1) is 0 Å². The molecule has 0 radical (unpaired) electrons. The van der Waals surface area contributed by atoms with Gasteiger partial charge in [0.25, 0.3) is 5.56 Å². The average molecular weight is 502 g/mol. The van der Waals surface area contributed by atoms with Crippen LogP contribution in [0.15, 0.2) is 56.9 Å². The van der Waals surface area contributed by atoms with Crippen LogP contribution in [0.25, 0.3) is 10.9 Å². The Morgan fingerprint density at radius 2 is 2.03 bits per heavy atom. The molecule has 1 aliphatic heterocycles. The van der Waals surface area contributed by atoms with Crippen LogP contribution in [0.1, 0.15) is 26.3 Å². The Kier molecular flexibility index (Phi) is 6.23. The number of hydrogen-bond acceptors (Lipinski definition) is 5. The number of halogens is 1. The van der Waals surface area contributed by atoms with Crippen LogP contribution in [0, 0.1) is 0 Å². The molecule has 0 aliphatic carbocycles. The summed E-state index contributed by atoms with van der Waals surface area (Å²) in [5.74, 6) is -0.0174. The van der Waals surface area contributed by atoms with E-state index in [-0.39, 0.29) is 24.1 Å². The van der Waals surface area contributed by atoms with Crippen LogP contribution in [0.5, 0.6) is 0 Å².